The molecule has 2 atom stereocenters. The number of rotatable bonds is 1. The average molecular weight is 273 g/mol. The number of aryl methyl sites for hydroxylation is 1. The lowest BCUT2D eigenvalue weighted by atomic mass is 10.1. The summed E-state index contributed by atoms with van der Waals surface area (Å²) in [5.74, 6) is 0.0632. The molecule has 0 radical (unpaired) electrons. The Kier molecular flexibility index (Phi) is 3.76. The molecule has 1 amide bonds. The molecule has 1 aliphatic heterocycles. The van der Waals surface area contributed by atoms with Crippen molar-refractivity contribution in [3.8, 4) is 0 Å². The SMILES string of the molecule is Cc1csc(C(=O)N2CC(C)NC(C)C2)c1Cl. The van der Waals surface area contributed by atoms with Gasteiger partial charge in [-0.25, -0.2) is 0 Å². The molecule has 1 aromatic heterocycles. The quantitative estimate of drug-likeness (QED) is 0.852. The molecule has 2 heterocycles. The van der Waals surface area contributed by atoms with Crippen LogP contribution in [-0.2, 0) is 0 Å². The van der Waals surface area contributed by atoms with E-state index >= 15 is 0 Å². The van der Waals surface area contributed by atoms with Crippen molar-refractivity contribution < 1.29 is 4.79 Å². The average Bonchev–Trinajstić information content (AvgIpc) is 2.57. The number of piperazine rings is 1. The molecule has 0 saturated carbocycles. The molecule has 1 N–H and O–H groups in total. The number of carbonyl (C=O) groups excluding carboxylic acids is 1. The molecule has 0 bridgehead atoms. The van der Waals surface area contributed by atoms with Crippen molar-refractivity contribution in [2.24, 2.45) is 0 Å². The van der Waals surface area contributed by atoms with Crippen LogP contribution < -0.4 is 5.32 Å². The second-order valence-electron chi connectivity index (χ2n) is 4.74. The first-order chi connectivity index (χ1) is 7.99. The van der Waals surface area contributed by atoms with Crippen molar-refractivity contribution >= 4 is 28.8 Å². The van der Waals surface area contributed by atoms with E-state index in [2.05, 4.69) is 19.2 Å². The molecule has 0 aliphatic carbocycles. The van der Waals surface area contributed by atoms with Gasteiger partial charge in [-0.3, -0.25) is 4.79 Å². The number of nitrogens with one attached hydrogen (secondary N) is 1. The van der Waals surface area contributed by atoms with Crippen LogP contribution in [0.3, 0.4) is 0 Å². The minimum atomic E-state index is 0.0632. The van der Waals surface area contributed by atoms with Gasteiger partial charge < -0.3 is 10.2 Å². The Bertz CT molecular complexity index is 422. The van der Waals surface area contributed by atoms with Gasteiger partial charge in [-0.15, -0.1) is 11.3 Å². The number of halogens is 1. The van der Waals surface area contributed by atoms with Gasteiger partial charge in [0.1, 0.15) is 4.88 Å². The number of hydrogen-bond donors (Lipinski definition) is 1. The highest BCUT2D eigenvalue weighted by molar-refractivity contribution is 7.13. The van der Waals surface area contributed by atoms with E-state index in [1.807, 2.05) is 17.2 Å². The van der Waals surface area contributed by atoms with Gasteiger partial charge in [0, 0.05) is 25.2 Å². The summed E-state index contributed by atoms with van der Waals surface area (Å²) >= 11 is 7.58. The van der Waals surface area contributed by atoms with E-state index < -0.39 is 0 Å². The Hall–Kier alpha value is -0.580. The van der Waals surface area contributed by atoms with Gasteiger partial charge in [0.15, 0.2) is 0 Å². The molecule has 3 nitrogen and oxygen atoms in total. The maximum atomic E-state index is 12.3. The highest BCUT2D eigenvalue weighted by Crippen LogP contribution is 2.28. The molecular formula is C12H17ClN2OS. The topological polar surface area (TPSA) is 32.3 Å². The molecule has 1 fully saturated rings. The molecule has 2 rings (SSSR count). The number of nitrogens with zero attached hydrogens (tertiary/aromatic N) is 1. The van der Waals surface area contributed by atoms with Gasteiger partial charge in [0.05, 0.1) is 5.02 Å². The van der Waals surface area contributed by atoms with Gasteiger partial charge >= 0.3 is 0 Å². The van der Waals surface area contributed by atoms with E-state index in [1.165, 1.54) is 11.3 Å². The van der Waals surface area contributed by atoms with E-state index in [9.17, 15) is 4.79 Å². The first kappa shape index (κ1) is 12.9. The zero-order chi connectivity index (χ0) is 12.6. The summed E-state index contributed by atoms with van der Waals surface area (Å²) in [4.78, 5) is 14.9. The summed E-state index contributed by atoms with van der Waals surface area (Å²) in [5.41, 5.74) is 0.983. The summed E-state index contributed by atoms with van der Waals surface area (Å²) in [7, 11) is 0. The number of carbonyl (C=O) groups is 1. The fourth-order valence-corrected chi connectivity index (χ4v) is 3.45. The van der Waals surface area contributed by atoms with Crippen LogP contribution in [0.5, 0.6) is 0 Å². The largest absolute Gasteiger partial charge is 0.335 e. The van der Waals surface area contributed by atoms with Crippen molar-refractivity contribution in [1.82, 2.24) is 10.2 Å². The fraction of sp³-hybridized carbons (Fsp3) is 0.583. The first-order valence-electron chi connectivity index (χ1n) is 5.78. The van der Waals surface area contributed by atoms with Crippen LogP contribution in [0.2, 0.25) is 5.02 Å². The van der Waals surface area contributed by atoms with Crippen LogP contribution in [0.1, 0.15) is 29.1 Å². The predicted molar refractivity (Wildman–Crippen MR) is 72.0 cm³/mol. The van der Waals surface area contributed by atoms with Crippen LogP contribution in [0.25, 0.3) is 0 Å². The molecule has 2 unspecified atom stereocenters. The summed E-state index contributed by atoms with van der Waals surface area (Å²) < 4.78 is 0. The van der Waals surface area contributed by atoms with Crippen molar-refractivity contribution in [3.05, 3.63) is 20.8 Å². The zero-order valence-corrected chi connectivity index (χ0v) is 11.9. The lowest BCUT2D eigenvalue weighted by Crippen LogP contribution is -2.55. The smallest absolute Gasteiger partial charge is 0.265 e. The Morgan fingerprint density at radius 1 is 1.47 bits per heavy atom. The van der Waals surface area contributed by atoms with Crippen LogP contribution in [-0.4, -0.2) is 36.0 Å². The summed E-state index contributed by atoms with van der Waals surface area (Å²) in [6.45, 7) is 7.61. The minimum Gasteiger partial charge on any atom is -0.335 e. The molecule has 1 saturated heterocycles. The van der Waals surface area contributed by atoms with Crippen molar-refractivity contribution in [2.45, 2.75) is 32.9 Å². The number of thiophene rings is 1. The summed E-state index contributed by atoms with van der Waals surface area (Å²) in [6.07, 6.45) is 0. The standard InChI is InChI=1S/C12H17ClN2OS/c1-7-6-17-11(10(7)13)12(16)15-4-8(2)14-9(3)5-15/h6,8-9,14H,4-5H2,1-3H3. The monoisotopic (exact) mass is 272 g/mol. The van der Waals surface area contributed by atoms with Crippen LogP contribution >= 0.6 is 22.9 Å². The van der Waals surface area contributed by atoms with E-state index in [0.717, 1.165) is 18.7 Å². The second-order valence-corrected chi connectivity index (χ2v) is 6.00. The molecule has 1 aromatic rings. The molecule has 17 heavy (non-hydrogen) atoms. The third-order valence-electron chi connectivity index (χ3n) is 2.94. The van der Waals surface area contributed by atoms with Gasteiger partial charge in [-0.1, -0.05) is 11.6 Å². The molecule has 5 heteroatoms. The molecule has 0 spiro atoms. The third-order valence-corrected chi connectivity index (χ3v) is 4.62. The second kappa shape index (κ2) is 4.96. The molecule has 94 valence electrons. The lowest BCUT2D eigenvalue weighted by Gasteiger charge is -2.36. The minimum absolute atomic E-state index is 0.0632. The van der Waals surface area contributed by atoms with Crippen LogP contribution in [0.4, 0.5) is 0 Å². The van der Waals surface area contributed by atoms with E-state index in [0.29, 0.717) is 22.0 Å². The van der Waals surface area contributed by atoms with Gasteiger partial charge in [0.2, 0.25) is 0 Å². The van der Waals surface area contributed by atoms with Crippen molar-refractivity contribution in [1.29, 1.82) is 0 Å². The van der Waals surface area contributed by atoms with E-state index in [4.69, 9.17) is 11.6 Å². The van der Waals surface area contributed by atoms with Crippen LogP contribution in [0.15, 0.2) is 5.38 Å². The Labute approximate surface area is 111 Å². The Balaban J connectivity index is 2.17. The van der Waals surface area contributed by atoms with Gasteiger partial charge in [-0.05, 0) is 31.7 Å². The zero-order valence-electron chi connectivity index (χ0n) is 10.3. The molecule has 1 aliphatic rings. The highest BCUT2D eigenvalue weighted by Gasteiger charge is 2.27. The van der Waals surface area contributed by atoms with Gasteiger partial charge in [0.25, 0.3) is 5.91 Å². The number of amides is 1. The van der Waals surface area contributed by atoms with Crippen molar-refractivity contribution in [2.75, 3.05) is 13.1 Å². The Morgan fingerprint density at radius 2 is 2.06 bits per heavy atom. The van der Waals surface area contributed by atoms with Crippen molar-refractivity contribution in [3.63, 3.8) is 0 Å². The first-order valence-corrected chi connectivity index (χ1v) is 7.03. The van der Waals surface area contributed by atoms with E-state index in [1.54, 1.807) is 0 Å². The van der Waals surface area contributed by atoms with Gasteiger partial charge in [-0.2, -0.15) is 0 Å². The van der Waals surface area contributed by atoms with E-state index in [-0.39, 0.29) is 5.91 Å². The molecule has 0 aromatic carbocycles. The number of hydrogen-bond acceptors (Lipinski definition) is 3. The normalized spacial score (nSPS) is 25.1. The fourth-order valence-electron chi connectivity index (χ4n) is 2.21. The maximum Gasteiger partial charge on any atom is 0.265 e. The third kappa shape index (κ3) is 2.64. The predicted octanol–water partition coefficient (Wildman–Crippen LogP) is 2.53. The maximum absolute atomic E-state index is 12.3. The highest BCUT2D eigenvalue weighted by atomic mass is 35.5. The summed E-state index contributed by atoms with van der Waals surface area (Å²) in [6, 6.07) is 0.671. The van der Waals surface area contributed by atoms with Crippen LogP contribution in [0, 0.1) is 6.92 Å². The lowest BCUT2D eigenvalue weighted by molar-refractivity contribution is 0.0679. The molecular weight excluding hydrogens is 256 g/mol. The Morgan fingerprint density at radius 3 is 2.53 bits per heavy atom. The summed E-state index contributed by atoms with van der Waals surface area (Å²) in [5, 5.41) is 5.96.